The number of rotatable bonds is 7. The fourth-order valence-corrected chi connectivity index (χ4v) is 4.00. The third kappa shape index (κ3) is 4.93. The lowest BCUT2D eigenvalue weighted by molar-refractivity contribution is -0.160. The lowest BCUT2D eigenvalue weighted by Gasteiger charge is -2.26. The van der Waals surface area contributed by atoms with Crippen LogP contribution in [0.15, 0.2) is 43.1 Å². The average Bonchev–Trinajstić information content (AvgIpc) is 3.17. The number of allylic oxidation sites excluding steroid dienone is 1. The number of anilines is 1. The molecule has 2 aromatic heterocycles. The predicted molar refractivity (Wildman–Crippen MR) is 123 cm³/mol. The van der Waals surface area contributed by atoms with Crippen LogP contribution in [0.1, 0.15) is 32.0 Å². The number of aromatic nitrogens is 4. The van der Waals surface area contributed by atoms with Crippen molar-refractivity contribution in [2.24, 2.45) is 0 Å². The van der Waals surface area contributed by atoms with Crippen molar-refractivity contribution < 1.29 is 19.0 Å². The number of carbonyl (C=O) groups excluding carboxylic acids is 1. The predicted octanol–water partition coefficient (Wildman–Crippen LogP) is 3.68. The van der Waals surface area contributed by atoms with Gasteiger partial charge in [-0.3, -0.25) is 4.79 Å². The quantitative estimate of drug-likeness (QED) is 0.528. The van der Waals surface area contributed by atoms with Crippen molar-refractivity contribution in [2.45, 2.75) is 44.9 Å². The number of benzene rings is 1. The van der Waals surface area contributed by atoms with Crippen LogP contribution in [0, 0.1) is 5.82 Å². The van der Waals surface area contributed by atoms with Crippen molar-refractivity contribution >= 4 is 17.5 Å². The molecular formula is C24H26FN5O3. The largest absolute Gasteiger partial charge is 0.462 e. The Hall–Kier alpha value is -3.59. The van der Waals surface area contributed by atoms with E-state index in [1.165, 1.54) is 12.1 Å². The van der Waals surface area contributed by atoms with Crippen LogP contribution in [0.25, 0.3) is 28.2 Å². The minimum Gasteiger partial charge on any atom is -0.462 e. The third-order valence-corrected chi connectivity index (χ3v) is 5.50. The van der Waals surface area contributed by atoms with E-state index in [9.17, 15) is 14.3 Å². The zero-order chi connectivity index (χ0) is 23.5. The molecule has 1 aliphatic heterocycles. The minimum atomic E-state index is -0.701. The number of aliphatic hydroxyl groups excluding tert-OH is 1. The number of esters is 1. The second kappa shape index (κ2) is 9.50. The summed E-state index contributed by atoms with van der Waals surface area (Å²) < 4.78 is 21.1. The fraction of sp³-hybridized carbons (Fsp3) is 0.333. The van der Waals surface area contributed by atoms with E-state index in [1.807, 2.05) is 11.5 Å². The van der Waals surface area contributed by atoms with Gasteiger partial charge in [0.1, 0.15) is 23.4 Å². The van der Waals surface area contributed by atoms with Crippen molar-refractivity contribution in [3.8, 4) is 22.6 Å². The zero-order valence-corrected chi connectivity index (χ0v) is 18.6. The maximum Gasteiger partial charge on any atom is 0.308 e. The first-order valence-electron chi connectivity index (χ1n) is 10.8. The molecule has 9 heteroatoms. The van der Waals surface area contributed by atoms with E-state index >= 15 is 0 Å². The maximum atomic E-state index is 13.7. The van der Waals surface area contributed by atoms with Crippen LogP contribution in [0.3, 0.4) is 0 Å². The normalized spacial score (nSPS) is 18.1. The standard InChI is InChI=1S/C24H26FN5O3/c1-14(2)23-29-21(19-8-10-27-24(26-3)28-19)22(15-4-6-16(25)7-5-15)30(23)11-9-18-12-17(31)13-20(32)33-18/h4-8,10,17-18,31H,1,9,11-13H2,2-3H3,(H,26,27,28)/t17-,18-/m1/s1. The highest BCUT2D eigenvalue weighted by Gasteiger charge is 2.28. The smallest absolute Gasteiger partial charge is 0.308 e. The van der Waals surface area contributed by atoms with Gasteiger partial charge in [-0.15, -0.1) is 0 Å². The highest BCUT2D eigenvalue weighted by Crippen LogP contribution is 2.35. The van der Waals surface area contributed by atoms with Gasteiger partial charge in [0.2, 0.25) is 5.95 Å². The summed E-state index contributed by atoms with van der Waals surface area (Å²) in [5.74, 6) is 0.363. The molecule has 2 atom stereocenters. The first kappa shape index (κ1) is 22.6. The van der Waals surface area contributed by atoms with Crippen molar-refractivity contribution in [2.75, 3.05) is 12.4 Å². The molecule has 0 bridgehead atoms. The molecule has 0 spiro atoms. The van der Waals surface area contributed by atoms with Crippen molar-refractivity contribution in [1.82, 2.24) is 19.5 Å². The molecule has 33 heavy (non-hydrogen) atoms. The molecular weight excluding hydrogens is 425 g/mol. The Labute approximate surface area is 191 Å². The molecule has 0 saturated carbocycles. The molecule has 0 unspecified atom stereocenters. The molecule has 2 N–H and O–H groups in total. The van der Waals surface area contributed by atoms with Gasteiger partial charge in [0.15, 0.2) is 0 Å². The Morgan fingerprint density at radius 1 is 1.30 bits per heavy atom. The maximum absolute atomic E-state index is 13.7. The van der Waals surface area contributed by atoms with Crippen LogP contribution in [-0.2, 0) is 16.1 Å². The molecule has 0 radical (unpaired) electrons. The lowest BCUT2D eigenvalue weighted by Crippen LogP contribution is -2.33. The number of halogens is 1. The molecule has 3 heterocycles. The van der Waals surface area contributed by atoms with Crippen LogP contribution < -0.4 is 5.32 Å². The van der Waals surface area contributed by atoms with Crippen molar-refractivity contribution in [3.05, 3.63) is 54.7 Å². The van der Waals surface area contributed by atoms with E-state index < -0.39 is 18.2 Å². The number of ether oxygens (including phenoxy) is 1. The highest BCUT2D eigenvalue weighted by molar-refractivity contribution is 5.80. The van der Waals surface area contributed by atoms with Crippen LogP contribution >= 0.6 is 0 Å². The molecule has 1 aliphatic rings. The lowest BCUT2D eigenvalue weighted by atomic mass is 10.0. The van der Waals surface area contributed by atoms with Crippen molar-refractivity contribution in [1.29, 1.82) is 0 Å². The Morgan fingerprint density at radius 2 is 2.06 bits per heavy atom. The molecule has 1 aromatic carbocycles. The van der Waals surface area contributed by atoms with Gasteiger partial charge in [0.05, 0.1) is 23.9 Å². The molecule has 4 rings (SSSR count). The van der Waals surface area contributed by atoms with Crippen molar-refractivity contribution in [3.63, 3.8) is 0 Å². The van der Waals surface area contributed by atoms with E-state index in [1.54, 1.807) is 31.4 Å². The second-order valence-corrected chi connectivity index (χ2v) is 8.08. The van der Waals surface area contributed by atoms with Gasteiger partial charge in [-0.2, -0.15) is 0 Å². The number of hydrogen-bond donors (Lipinski definition) is 2. The molecule has 0 aliphatic carbocycles. The van der Waals surface area contributed by atoms with Crippen LogP contribution in [0.2, 0.25) is 0 Å². The van der Waals surface area contributed by atoms with Gasteiger partial charge in [-0.25, -0.2) is 19.3 Å². The molecule has 1 saturated heterocycles. The van der Waals surface area contributed by atoms with E-state index in [0.29, 0.717) is 42.5 Å². The number of carbonyl (C=O) groups is 1. The van der Waals surface area contributed by atoms with E-state index in [0.717, 1.165) is 16.8 Å². The summed E-state index contributed by atoms with van der Waals surface area (Å²) in [6.45, 7) is 6.40. The Morgan fingerprint density at radius 3 is 2.73 bits per heavy atom. The van der Waals surface area contributed by atoms with Gasteiger partial charge in [-0.05, 0) is 42.8 Å². The Balaban J connectivity index is 1.81. The molecule has 0 amide bonds. The number of nitrogens with one attached hydrogen (secondary N) is 1. The number of aliphatic hydroxyl groups is 1. The first-order chi connectivity index (χ1) is 15.9. The summed E-state index contributed by atoms with van der Waals surface area (Å²) in [4.78, 5) is 25.3. The SMILES string of the molecule is C=C(C)c1nc(-c2ccnc(NC)n2)c(-c2ccc(F)cc2)n1CC[C@@H]1C[C@@H](O)CC(=O)O1. The number of nitrogens with zero attached hydrogens (tertiary/aromatic N) is 4. The van der Waals surface area contributed by atoms with Gasteiger partial charge in [-0.1, -0.05) is 6.58 Å². The first-order valence-corrected chi connectivity index (χ1v) is 10.8. The summed E-state index contributed by atoms with van der Waals surface area (Å²) in [5, 5.41) is 12.9. The minimum absolute atomic E-state index is 0.0189. The van der Waals surface area contributed by atoms with Gasteiger partial charge >= 0.3 is 5.97 Å². The fourth-order valence-electron chi connectivity index (χ4n) is 4.00. The van der Waals surface area contributed by atoms with E-state index in [-0.39, 0.29) is 12.2 Å². The molecule has 172 valence electrons. The van der Waals surface area contributed by atoms with Gasteiger partial charge in [0, 0.05) is 38.2 Å². The van der Waals surface area contributed by atoms with E-state index in [2.05, 4.69) is 21.9 Å². The van der Waals surface area contributed by atoms with Crippen LogP contribution in [-0.4, -0.2) is 49.9 Å². The second-order valence-electron chi connectivity index (χ2n) is 8.08. The van der Waals surface area contributed by atoms with E-state index in [4.69, 9.17) is 9.72 Å². The highest BCUT2D eigenvalue weighted by atomic mass is 19.1. The number of hydrogen-bond acceptors (Lipinski definition) is 7. The van der Waals surface area contributed by atoms with Gasteiger partial charge < -0.3 is 19.7 Å². The topological polar surface area (TPSA) is 102 Å². The monoisotopic (exact) mass is 451 g/mol. The summed E-state index contributed by atoms with van der Waals surface area (Å²) in [7, 11) is 1.73. The third-order valence-electron chi connectivity index (χ3n) is 5.50. The Kier molecular flexibility index (Phi) is 6.50. The number of imidazole rings is 1. The molecule has 8 nitrogen and oxygen atoms in total. The summed E-state index contributed by atoms with van der Waals surface area (Å²) >= 11 is 0. The summed E-state index contributed by atoms with van der Waals surface area (Å²) in [6, 6.07) is 7.95. The van der Waals surface area contributed by atoms with Crippen LogP contribution in [0.5, 0.6) is 0 Å². The molecule has 3 aromatic rings. The summed E-state index contributed by atoms with van der Waals surface area (Å²) in [6.07, 6.45) is 1.43. The average molecular weight is 452 g/mol. The number of cyclic esters (lactones) is 1. The van der Waals surface area contributed by atoms with Gasteiger partial charge in [0.25, 0.3) is 0 Å². The summed E-state index contributed by atoms with van der Waals surface area (Å²) in [5.41, 5.74) is 3.47. The van der Waals surface area contributed by atoms with Crippen LogP contribution in [0.4, 0.5) is 10.3 Å². The zero-order valence-electron chi connectivity index (χ0n) is 18.6. The molecule has 1 fully saturated rings. The Bertz CT molecular complexity index is 1180.